The molecule has 156 valence electrons. The number of nitrogens with two attached hydrogens (primary N) is 1. The lowest BCUT2D eigenvalue weighted by Crippen LogP contribution is -2.29. The zero-order valence-corrected chi connectivity index (χ0v) is 18.7. The molecule has 0 bridgehead atoms. The van der Waals surface area contributed by atoms with Gasteiger partial charge in [-0.25, -0.2) is 4.98 Å². The number of primary amides is 1. The molecule has 1 unspecified atom stereocenters. The maximum Gasteiger partial charge on any atom is 0.220 e. The van der Waals surface area contributed by atoms with E-state index in [9.17, 15) is 4.79 Å². The summed E-state index contributed by atoms with van der Waals surface area (Å²) in [6.45, 7) is 2.28. The largest absolute Gasteiger partial charge is 0.369 e. The maximum atomic E-state index is 11.5. The normalized spacial score (nSPS) is 25.5. The highest BCUT2D eigenvalue weighted by Crippen LogP contribution is 2.41. The van der Waals surface area contributed by atoms with Gasteiger partial charge in [0.1, 0.15) is 0 Å². The number of allylic oxidation sites excluding steroid dienone is 2. The lowest BCUT2D eigenvalue weighted by Gasteiger charge is -2.28. The number of likely N-dealkylation sites (tertiary alicyclic amines) is 1. The van der Waals surface area contributed by atoms with E-state index in [1.54, 1.807) is 0 Å². The monoisotopic (exact) mass is 413 g/mol. The van der Waals surface area contributed by atoms with Crippen LogP contribution in [0.5, 0.6) is 0 Å². The minimum Gasteiger partial charge on any atom is -0.369 e. The van der Waals surface area contributed by atoms with Crippen LogP contribution >= 0.6 is 9.90 Å². The molecule has 2 aromatic rings. The lowest BCUT2D eigenvalue weighted by molar-refractivity contribution is -0.122. The molecule has 1 atom stereocenters. The van der Waals surface area contributed by atoms with E-state index in [4.69, 9.17) is 15.7 Å². The van der Waals surface area contributed by atoms with Crippen molar-refractivity contribution >= 4 is 27.0 Å². The summed E-state index contributed by atoms with van der Waals surface area (Å²) >= 11 is 0. The third-order valence-corrected chi connectivity index (χ3v) is 7.10. The number of nitrogens with zero attached hydrogens (tertiary/aromatic N) is 4. The molecule has 3 heterocycles. The van der Waals surface area contributed by atoms with Gasteiger partial charge in [0.05, 0.1) is 23.3 Å². The Hall–Kier alpha value is -1.78. The van der Waals surface area contributed by atoms with Crippen molar-refractivity contribution in [2.45, 2.75) is 50.9 Å². The zero-order valence-electron chi connectivity index (χ0n) is 17.3. The Balaban J connectivity index is 0.00000205. The van der Waals surface area contributed by atoms with Gasteiger partial charge in [-0.05, 0) is 70.2 Å². The van der Waals surface area contributed by atoms with Crippen LogP contribution in [-0.4, -0.2) is 45.3 Å². The molecule has 0 spiro atoms. The van der Waals surface area contributed by atoms with Crippen LogP contribution in [0.2, 0.25) is 0 Å². The smallest absolute Gasteiger partial charge is 0.220 e. The molecule has 2 aliphatic carbocycles. The third-order valence-electron chi connectivity index (χ3n) is 7.10. The number of hydrogen-bond donors (Lipinski definition) is 1. The molecule has 2 fully saturated rings. The number of hydrogen-bond acceptors (Lipinski definition) is 4. The predicted molar refractivity (Wildman–Crippen MR) is 120 cm³/mol. The van der Waals surface area contributed by atoms with E-state index < -0.39 is 0 Å². The van der Waals surface area contributed by atoms with Gasteiger partial charge in [-0.1, -0.05) is 6.08 Å². The minimum atomic E-state index is -0.138. The van der Waals surface area contributed by atoms with Crippen LogP contribution < -0.4 is 5.73 Å². The summed E-state index contributed by atoms with van der Waals surface area (Å²) in [4.78, 5) is 23.6. The topological polar surface area (TPSA) is 76.5 Å². The van der Waals surface area contributed by atoms with Crippen LogP contribution in [0, 0.1) is 11.8 Å². The van der Waals surface area contributed by atoms with Crippen molar-refractivity contribution in [1.29, 1.82) is 0 Å². The third kappa shape index (κ3) is 3.73. The molecule has 6 nitrogen and oxygen atoms in total. The van der Waals surface area contributed by atoms with Crippen LogP contribution in [0.1, 0.15) is 61.5 Å². The highest BCUT2D eigenvalue weighted by atomic mass is 31.0. The summed E-state index contributed by atoms with van der Waals surface area (Å²) in [5.41, 5.74) is 11.5. The quantitative estimate of drug-likeness (QED) is 0.785. The standard InChI is InChI=1S/C22H29N5O.H3P/c1-26-10-8-15(9-11-26)19-13-27-20(25-19)12-24-18-7-6-17(21(18)27)14-2-4-16(5-3-14)22(23)28;/h6,12-16H,2-5,7-11H2,1H3,(H2,23,28);1H3. The molecule has 5 rings (SSSR count). The van der Waals surface area contributed by atoms with Crippen molar-refractivity contribution in [2.24, 2.45) is 17.6 Å². The molecule has 0 aromatic carbocycles. The first-order valence-corrected chi connectivity index (χ1v) is 10.7. The van der Waals surface area contributed by atoms with E-state index in [0.29, 0.717) is 11.8 Å². The first kappa shape index (κ1) is 20.5. The number of carbonyl (C=O) groups excluding carboxylic acids is 1. The SMILES string of the molecule is CN1CCC(c2cn3c4c(ncc3n2)CC=C4C2CCC(C(N)=O)CC2)CC1.P. The lowest BCUT2D eigenvalue weighted by atomic mass is 9.78. The Kier molecular flexibility index (Phi) is 5.76. The van der Waals surface area contributed by atoms with Crippen molar-refractivity contribution in [1.82, 2.24) is 19.3 Å². The average Bonchev–Trinajstić information content (AvgIpc) is 3.32. The van der Waals surface area contributed by atoms with Crippen LogP contribution in [0.25, 0.3) is 11.2 Å². The molecular formula is C22H32N5OP. The number of imidazole rings is 1. The van der Waals surface area contributed by atoms with E-state index in [1.165, 1.54) is 29.8 Å². The van der Waals surface area contributed by atoms with Crippen LogP contribution in [-0.2, 0) is 11.2 Å². The fourth-order valence-corrected chi connectivity index (χ4v) is 5.33. The van der Waals surface area contributed by atoms with Crippen molar-refractivity contribution in [2.75, 3.05) is 20.1 Å². The van der Waals surface area contributed by atoms with Crippen molar-refractivity contribution in [3.63, 3.8) is 0 Å². The number of amides is 1. The zero-order chi connectivity index (χ0) is 19.3. The van der Waals surface area contributed by atoms with Gasteiger partial charge < -0.3 is 10.6 Å². The van der Waals surface area contributed by atoms with Crippen molar-refractivity contribution in [3.05, 3.63) is 35.6 Å². The molecule has 0 radical (unpaired) electrons. The second-order valence-corrected chi connectivity index (χ2v) is 8.84. The Labute approximate surface area is 175 Å². The maximum absolute atomic E-state index is 11.5. The van der Waals surface area contributed by atoms with Crippen LogP contribution in [0.3, 0.4) is 0 Å². The summed E-state index contributed by atoms with van der Waals surface area (Å²) in [5.74, 6) is 0.960. The van der Waals surface area contributed by atoms with Crippen LogP contribution in [0.15, 0.2) is 18.5 Å². The van der Waals surface area contributed by atoms with E-state index >= 15 is 0 Å². The molecule has 29 heavy (non-hydrogen) atoms. The molecule has 1 saturated carbocycles. The van der Waals surface area contributed by atoms with E-state index in [1.807, 2.05) is 6.20 Å². The van der Waals surface area contributed by atoms with Gasteiger partial charge in [0.25, 0.3) is 0 Å². The van der Waals surface area contributed by atoms with Crippen molar-refractivity contribution < 1.29 is 4.79 Å². The molecule has 3 aliphatic rings. The molecule has 7 heteroatoms. The molecular weight excluding hydrogens is 381 g/mol. The first-order chi connectivity index (χ1) is 13.6. The summed E-state index contributed by atoms with van der Waals surface area (Å²) in [7, 11) is 2.20. The van der Waals surface area contributed by atoms with E-state index in [-0.39, 0.29) is 21.7 Å². The van der Waals surface area contributed by atoms with E-state index in [0.717, 1.165) is 56.5 Å². The Morgan fingerprint density at radius 1 is 1.10 bits per heavy atom. The summed E-state index contributed by atoms with van der Waals surface area (Å²) in [6.07, 6.45) is 13.7. The van der Waals surface area contributed by atoms with Gasteiger partial charge in [0, 0.05) is 24.5 Å². The summed E-state index contributed by atoms with van der Waals surface area (Å²) in [6, 6.07) is 0. The molecule has 1 amide bonds. The van der Waals surface area contributed by atoms with Gasteiger partial charge in [-0.15, -0.1) is 0 Å². The number of rotatable bonds is 3. The van der Waals surface area contributed by atoms with Gasteiger partial charge in [-0.3, -0.25) is 14.2 Å². The Morgan fingerprint density at radius 3 is 2.52 bits per heavy atom. The van der Waals surface area contributed by atoms with Crippen molar-refractivity contribution in [3.8, 4) is 0 Å². The second-order valence-electron chi connectivity index (χ2n) is 8.84. The summed E-state index contributed by atoms with van der Waals surface area (Å²) < 4.78 is 2.29. The molecule has 1 saturated heterocycles. The molecule has 1 aliphatic heterocycles. The number of carbonyl (C=O) groups is 1. The van der Waals surface area contributed by atoms with E-state index in [2.05, 4.69) is 28.6 Å². The molecule has 2 aromatic heterocycles. The number of piperidine rings is 1. The minimum absolute atomic E-state index is 0. The Morgan fingerprint density at radius 2 is 1.83 bits per heavy atom. The average molecular weight is 414 g/mol. The number of aromatic nitrogens is 3. The highest BCUT2D eigenvalue weighted by Gasteiger charge is 2.31. The second kappa shape index (κ2) is 8.16. The summed E-state index contributed by atoms with van der Waals surface area (Å²) in [5, 5.41) is 0. The Bertz CT molecular complexity index is 936. The van der Waals surface area contributed by atoms with Crippen LogP contribution in [0.4, 0.5) is 0 Å². The first-order valence-electron chi connectivity index (χ1n) is 10.7. The highest BCUT2D eigenvalue weighted by molar-refractivity contribution is 6.92. The number of fused-ring (bicyclic) bond motifs is 3. The fraction of sp³-hybridized carbons (Fsp3) is 0.591. The van der Waals surface area contributed by atoms with Gasteiger partial charge in [-0.2, -0.15) is 9.90 Å². The molecule has 2 N–H and O–H groups in total. The van der Waals surface area contributed by atoms with Gasteiger partial charge >= 0.3 is 0 Å². The van der Waals surface area contributed by atoms with Gasteiger partial charge in [0.15, 0.2) is 5.65 Å². The predicted octanol–water partition coefficient (Wildman–Crippen LogP) is 2.83. The van der Waals surface area contributed by atoms with Gasteiger partial charge in [0.2, 0.25) is 5.91 Å². The fourth-order valence-electron chi connectivity index (χ4n) is 5.33.